The van der Waals surface area contributed by atoms with Crippen LogP contribution in [0.1, 0.15) is 51.9 Å². The van der Waals surface area contributed by atoms with E-state index in [2.05, 4.69) is 16.0 Å². The largest absolute Gasteiger partial charge is 0.491 e. The summed E-state index contributed by atoms with van der Waals surface area (Å²) < 4.78 is 6.17. The zero-order valence-corrected chi connectivity index (χ0v) is 32.0. The third-order valence-corrected chi connectivity index (χ3v) is 10.00. The smallest absolute Gasteiger partial charge is 0.255 e. The summed E-state index contributed by atoms with van der Waals surface area (Å²) in [7, 11) is 1.50. The second-order valence-electron chi connectivity index (χ2n) is 14.4. The topological polar surface area (TPSA) is 157 Å². The quantitative estimate of drug-likeness (QED) is 0.236. The zero-order chi connectivity index (χ0) is 40.1. The molecule has 3 N–H and O–H groups in total. The molecule has 2 aliphatic heterocycles. The minimum atomic E-state index is -1.32. The first-order valence-corrected chi connectivity index (χ1v) is 19.2. The number of carbonyl (C=O) groups is 6. The van der Waals surface area contributed by atoms with Crippen LogP contribution in [0.15, 0.2) is 109 Å². The maximum Gasteiger partial charge on any atom is 0.255 e. The number of likely N-dealkylation sites (N-methyl/N-ethyl adjacent to an activating group) is 1. The van der Waals surface area contributed by atoms with Gasteiger partial charge in [0.05, 0.1) is 24.6 Å². The molecule has 6 rings (SSSR count). The number of nitrogens with zero attached hydrogens (tertiary/aromatic N) is 3. The Labute approximate surface area is 332 Å². The third kappa shape index (κ3) is 11.5. The molecule has 296 valence electrons. The van der Waals surface area contributed by atoms with Crippen molar-refractivity contribution in [2.75, 3.05) is 33.3 Å². The van der Waals surface area contributed by atoms with Crippen LogP contribution in [-0.4, -0.2) is 95.5 Å². The van der Waals surface area contributed by atoms with Gasteiger partial charge in [-0.05, 0) is 47.2 Å². The lowest BCUT2D eigenvalue weighted by molar-refractivity contribution is -0.142. The van der Waals surface area contributed by atoms with Crippen LogP contribution in [0.5, 0.6) is 5.75 Å². The molecule has 2 aliphatic rings. The van der Waals surface area contributed by atoms with Gasteiger partial charge in [0.15, 0.2) is 0 Å². The van der Waals surface area contributed by atoms with Gasteiger partial charge in [-0.3, -0.25) is 28.8 Å². The predicted octanol–water partition coefficient (Wildman–Crippen LogP) is 3.22. The number of hydrogen-bond acceptors (Lipinski definition) is 7. The first-order chi connectivity index (χ1) is 27.6. The van der Waals surface area contributed by atoms with Crippen LogP contribution in [0.4, 0.5) is 0 Å². The van der Waals surface area contributed by atoms with Gasteiger partial charge in [-0.25, -0.2) is 0 Å². The van der Waals surface area contributed by atoms with E-state index in [1.165, 1.54) is 16.8 Å². The molecule has 6 amide bonds. The van der Waals surface area contributed by atoms with Crippen LogP contribution in [0.25, 0.3) is 0 Å². The van der Waals surface area contributed by atoms with Crippen molar-refractivity contribution in [1.29, 1.82) is 0 Å². The van der Waals surface area contributed by atoms with Crippen molar-refractivity contribution in [3.8, 4) is 5.75 Å². The van der Waals surface area contributed by atoms with E-state index in [1.807, 2.05) is 89.8 Å². The third-order valence-electron chi connectivity index (χ3n) is 10.00. The molecule has 0 radical (unpaired) electrons. The van der Waals surface area contributed by atoms with Gasteiger partial charge in [0.2, 0.25) is 29.5 Å². The molecule has 0 saturated carbocycles. The van der Waals surface area contributed by atoms with E-state index < -0.39 is 48.0 Å². The van der Waals surface area contributed by atoms with E-state index in [0.29, 0.717) is 19.4 Å². The molecule has 2 heterocycles. The molecular formula is C44H48N6O7. The highest BCUT2D eigenvalue weighted by Gasteiger charge is 2.30. The number of benzene rings is 4. The summed E-state index contributed by atoms with van der Waals surface area (Å²) in [5, 5.41) is 8.61. The number of rotatable bonds is 9. The first-order valence-electron chi connectivity index (χ1n) is 19.2. The lowest BCUT2D eigenvalue weighted by Crippen LogP contribution is -2.50. The maximum atomic E-state index is 14.1. The van der Waals surface area contributed by atoms with Gasteiger partial charge >= 0.3 is 0 Å². The Morgan fingerprint density at radius 3 is 2.04 bits per heavy atom. The fourth-order valence-corrected chi connectivity index (χ4v) is 6.83. The molecule has 13 nitrogen and oxygen atoms in total. The van der Waals surface area contributed by atoms with Gasteiger partial charge in [0, 0.05) is 39.6 Å². The number of hydrogen-bond donors (Lipinski definition) is 3. The van der Waals surface area contributed by atoms with Crippen LogP contribution in [-0.2, 0) is 50.0 Å². The number of para-hydroxylation sites is 1. The van der Waals surface area contributed by atoms with E-state index in [9.17, 15) is 28.8 Å². The van der Waals surface area contributed by atoms with Crippen LogP contribution in [0.3, 0.4) is 0 Å². The van der Waals surface area contributed by atoms with Crippen molar-refractivity contribution in [2.24, 2.45) is 0 Å². The number of likely N-dealkylation sites (tertiary alicyclic amines) is 1. The summed E-state index contributed by atoms with van der Waals surface area (Å²) in [6.07, 6.45) is 1.38. The summed E-state index contributed by atoms with van der Waals surface area (Å²) in [6, 6.07) is 30.9. The standard InChI is InChI=1S/C44H48N6O7/c1-48-28-39(51)46-35(23-31-11-4-2-5-12-31)30-57-38-16-9-8-15-36(38)43(55)47-37(24-41(53)50(29-42(48)54)27-33-13-6-3-7-14-33)44(56)45-25-32-18-20-34(21-19-32)26-49-22-10-17-40(49)52/h2-9,11-16,18-21,35,37H,10,17,22-30H2,1H3,(H,45,56)(H,46,51)(H,47,55)/t35-,37+/m1/s1. The van der Waals surface area contributed by atoms with Gasteiger partial charge in [-0.2, -0.15) is 0 Å². The van der Waals surface area contributed by atoms with Crippen molar-refractivity contribution in [3.05, 3.63) is 137 Å². The SMILES string of the molecule is CN1CC(=O)N[C@H](Cc2ccccc2)COc2ccccc2C(=O)N[C@H](C(=O)NCc2ccc(CN3CCCC3=O)cc2)CC(=O)N(Cc2ccccc2)CC1=O. The fraction of sp³-hybridized carbons (Fsp3) is 0.318. The van der Waals surface area contributed by atoms with Crippen LogP contribution < -0.4 is 20.7 Å². The Balaban J connectivity index is 1.25. The average molecular weight is 773 g/mol. The highest BCUT2D eigenvalue weighted by atomic mass is 16.5. The number of nitrogens with one attached hydrogen (secondary N) is 3. The number of fused-ring (bicyclic) bond motifs is 1. The van der Waals surface area contributed by atoms with Crippen molar-refractivity contribution >= 4 is 35.4 Å². The number of ether oxygens (including phenoxy) is 1. The monoisotopic (exact) mass is 772 g/mol. The van der Waals surface area contributed by atoms with Gasteiger partial charge in [-0.1, -0.05) is 97.1 Å². The minimum Gasteiger partial charge on any atom is -0.491 e. The van der Waals surface area contributed by atoms with Crippen LogP contribution >= 0.6 is 0 Å². The lowest BCUT2D eigenvalue weighted by atomic mass is 10.1. The molecule has 2 atom stereocenters. The molecule has 0 unspecified atom stereocenters. The molecule has 0 aromatic heterocycles. The zero-order valence-electron chi connectivity index (χ0n) is 32.0. The molecule has 4 aromatic rings. The summed E-state index contributed by atoms with van der Waals surface area (Å²) in [5.74, 6) is -2.32. The summed E-state index contributed by atoms with van der Waals surface area (Å²) in [4.78, 5) is 85.5. The van der Waals surface area contributed by atoms with E-state index in [4.69, 9.17) is 4.74 Å². The Bertz CT molecular complexity index is 2040. The van der Waals surface area contributed by atoms with Crippen molar-refractivity contribution in [3.63, 3.8) is 0 Å². The molecule has 57 heavy (non-hydrogen) atoms. The number of carbonyl (C=O) groups excluding carboxylic acids is 6. The molecule has 1 saturated heterocycles. The highest BCUT2D eigenvalue weighted by molar-refractivity contribution is 6.01. The Morgan fingerprint density at radius 1 is 0.702 bits per heavy atom. The summed E-state index contributed by atoms with van der Waals surface area (Å²) in [6.45, 7) is 0.791. The second kappa shape index (κ2) is 19.4. The van der Waals surface area contributed by atoms with E-state index in [-0.39, 0.29) is 50.0 Å². The normalized spacial score (nSPS) is 18.6. The molecule has 0 bridgehead atoms. The summed E-state index contributed by atoms with van der Waals surface area (Å²) in [5.41, 5.74) is 3.60. The van der Waals surface area contributed by atoms with Gasteiger partial charge in [0.25, 0.3) is 5.91 Å². The van der Waals surface area contributed by atoms with Crippen LogP contribution in [0, 0.1) is 0 Å². The number of amides is 6. The van der Waals surface area contributed by atoms with Crippen LogP contribution in [0.2, 0.25) is 0 Å². The molecule has 0 spiro atoms. The van der Waals surface area contributed by atoms with Crippen molar-refractivity contribution < 1.29 is 33.5 Å². The first kappa shape index (κ1) is 40.2. The minimum absolute atomic E-state index is 0.00295. The Kier molecular flexibility index (Phi) is 13.7. The molecule has 4 aromatic carbocycles. The van der Waals surface area contributed by atoms with E-state index in [0.717, 1.165) is 35.2 Å². The molecular weight excluding hydrogens is 725 g/mol. The molecule has 13 heteroatoms. The lowest BCUT2D eigenvalue weighted by Gasteiger charge is -2.27. The van der Waals surface area contributed by atoms with Gasteiger partial charge < -0.3 is 35.4 Å². The Hall–Kier alpha value is -6.50. The average Bonchev–Trinajstić information content (AvgIpc) is 3.62. The van der Waals surface area contributed by atoms with Gasteiger partial charge in [0.1, 0.15) is 24.9 Å². The van der Waals surface area contributed by atoms with Crippen molar-refractivity contribution in [2.45, 2.75) is 57.4 Å². The van der Waals surface area contributed by atoms with E-state index >= 15 is 0 Å². The Morgan fingerprint density at radius 2 is 1.33 bits per heavy atom. The van der Waals surface area contributed by atoms with Gasteiger partial charge in [-0.15, -0.1) is 0 Å². The van der Waals surface area contributed by atoms with Crippen molar-refractivity contribution in [1.82, 2.24) is 30.7 Å². The fourth-order valence-electron chi connectivity index (χ4n) is 6.83. The highest BCUT2D eigenvalue weighted by Crippen LogP contribution is 2.20. The van der Waals surface area contributed by atoms with E-state index in [1.54, 1.807) is 24.3 Å². The second-order valence-corrected chi connectivity index (χ2v) is 14.4. The summed E-state index contributed by atoms with van der Waals surface area (Å²) >= 11 is 0. The predicted molar refractivity (Wildman–Crippen MR) is 212 cm³/mol. The maximum absolute atomic E-state index is 14.1. The molecule has 0 aliphatic carbocycles. The molecule has 1 fully saturated rings.